The van der Waals surface area contributed by atoms with Crippen LogP contribution in [0.5, 0.6) is 5.75 Å². The lowest BCUT2D eigenvalue weighted by Gasteiger charge is -2.13. The van der Waals surface area contributed by atoms with Crippen molar-refractivity contribution in [3.8, 4) is 11.4 Å². The maximum Gasteiger partial charge on any atom is 0.273 e. The van der Waals surface area contributed by atoms with Crippen LogP contribution in [0.1, 0.15) is 46.3 Å². The lowest BCUT2D eigenvalue weighted by atomic mass is 10.1. The number of ether oxygens (including phenoxy) is 1. The number of aromatic nitrogens is 4. The van der Waals surface area contributed by atoms with E-state index < -0.39 is 0 Å². The molecule has 1 saturated carbocycles. The highest BCUT2D eigenvalue weighted by Gasteiger charge is 2.25. The van der Waals surface area contributed by atoms with Crippen LogP contribution in [0.4, 0.5) is 0 Å². The first-order valence-corrected chi connectivity index (χ1v) is 9.82. The van der Waals surface area contributed by atoms with E-state index in [-0.39, 0.29) is 30.2 Å². The van der Waals surface area contributed by atoms with Crippen molar-refractivity contribution >= 4 is 11.8 Å². The number of carbonyl (C=O) groups is 2. The molecule has 2 amide bonds. The molecule has 2 heterocycles. The van der Waals surface area contributed by atoms with Gasteiger partial charge in [-0.3, -0.25) is 14.6 Å². The molecule has 0 aliphatic heterocycles. The van der Waals surface area contributed by atoms with Crippen LogP contribution in [0.3, 0.4) is 0 Å². The van der Waals surface area contributed by atoms with Crippen LogP contribution in [0.2, 0.25) is 0 Å². The lowest BCUT2D eigenvalue weighted by Crippen LogP contribution is -2.25. The largest absolute Gasteiger partial charge is 0.485 e. The highest BCUT2D eigenvalue weighted by atomic mass is 16.5. The van der Waals surface area contributed by atoms with Gasteiger partial charge in [-0.25, -0.2) is 4.68 Å². The average Bonchev–Trinajstić information content (AvgIpc) is 3.44. The lowest BCUT2D eigenvalue weighted by molar-refractivity contribution is 0.0941. The molecule has 0 unspecified atom stereocenters. The zero-order chi connectivity index (χ0) is 20.9. The molecule has 0 radical (unpaired) electrons. The van der Waals surface area contributed by atoms with Crippen molar-refractivity contribution in [1.82, 2.24) is 30.6 Å². The number of nitrogens with one attached hydrogen (secondary N) is 2. The molecule has 9 heteroatoms. The number of benzene rings is 1. The van der Waals surface area contributed by atoms with Gasteiger partial charge in [0.05, 0.1) is 11.9 Å². The van der Waals surface area contributed by atoms with Gasteiger partial charge in [-0.1, -0.05) is 11.3 Å². The van der Waals surface area contributed by atoms with Crippen LogP contribution in [0, 0.1) is 0 Å². The minimum atomic E-state index is -0.251. The highest BCUT2D eigenvalue weighted by Crippen LogP contribution is 2.25. The third-order valence-electron chi connectivity index (χ3n) is 4.55. The summed E-state index contributed by atoms with van der Waals surface area (Å²) in [5.41, 5.74) is 2.00. The molecular weight excluding hydrogens is 384 g/mol. The third-order valence-corrected chi connectivity index (χ3v) is 4.55. The summed E-state index contributed by atoms with van der Waals surface area (Å²) in [6, 6.07) is 10.8. The summed E-state index contributed by atoms with van der Waals surface area (Å²) in [7, 11) is 0. The number of carbonyl (C=O) groups excluding carboxylic acids is 2. The van der Waals surface area contributed by atoms with Gasteiger partial charge in [0, 0.05) is 24.3 Å². The smallest absolute Gasteiger partial charge is 0.273 e. The van der Waals surface area contributed by atoms with Gasteiger partial charge >= 0.3 is 0 Å². The molecule has 2 N–H and O–H groups in total. The van der Waals surface area contributed by atoms with Crippen molar-refractivity contribution in [2.75, 3.05) is 6.54 Å². The second kappa shape index (κ2) is 8.73. The number of amides is 2. The summed E-state index contributed by atoms with van der Waals surface area (Å²) < 4.78 is 7.43. The summed E-state index contributed by atoms with van der Waals surface area (Å²) in [4.78, 5) is 28.7. The van der Waals surface area contributed by atoms with Gasteiger partial charge in [-0.15, -0.1) is 5.10 Å². The number of hydrogen-bond donors (Lipinski definition) is 2. The Balaban J connectivity index is 1.61. The molecule has 1 aromatic carbocycles. The first-order valence-electron chi connectivity index (χ1n) is 9.82. The molecule has 0 spiro atoms. The molecule has 2 aromatic heterocycles. The molecule has 1 aliphatic carbocycles. The Labute approximate surface area is 173 Å². The zero-order valence-corrected chi connectivity index (χ0v) is 16.5. The molecule has 0 atom stereocenters. The van der Waals surface area contributed by atoms with Crippen molar-refractivity contribution in [3.63, 3.8) is 0 Å². The van der Waals surface area contributed by atoms with Crippen LogP contribution in [0.15, 0.2) is 48.8 Å². The number of rotatable bonds is 8. The quantitative estimate of drug-likeness (QED) is 0.591. The topological polar surface area (TPSA) is 111 Å². The van der Waals surface area contributed by atoms with Gasteiger partial charge in [-0.05, 0) is 50.1 Å². The Morgan fingerprint density at radius 2 is 2.07 bits per heavy atom. The predicted octanol–water partition coefficient (Wildman–Crippen LogP) is 1.88. The molecule has 9 nitrogen and oxygen atoms in total. The average molecular weight is 406 g/mol. The SMILES string of the molecule is CCNC(=O)c1ccc(-n2cc(C(=O)NC3CC3)nn2)c(OCc2ccccn2)c1. The molecular formula is C21H22N6O3. The van der Waals surface area contributed by atoms with E-state index in [1.165, 1.54) is 4.68 Å². The molecule has 30 heavy (non-hydrogen) atoms. The van der Waals surface area contributed by atoms with Crippen LogP contribution in [-0.2, 0) is 6.61 Å². The highest BCUT2D eigenvalue weighted by molar-refractivity contribution is 5.95. The number of nitrogens with zero attached hydrogens (tertiary/aromatic N) is 4. The predicted molar refractivity (Wildman–Crippen MR) is 108 cm³/mol. The summed E-state index contributed by atoms with van der Waals surface area (Å²) in [6.07, 6.45) is 5.22. The molecule has 3 aromatic rings. The van der Waals surface area contributed by atoms with Crippen LogP contribution in [0.25, 0.3) is 5.69 Å². The third kappa shape index (κ3) is 4.62. The van der Waals surface area contributed by atoms with E-state index >= 15 is 0 Å². The van der Waals surface area contributed by atoms with Crippen molar-refractivity contribution in [2.24, 2.45) is 0 Å². The van der Waals surface area contributed by atoms with Crippen molar-refractivity contribution < 1.29 is 14.3 Å². The first-order chi connectivity index (χ1) is 14.6. The summed E-state index contributed by atoms with van der Waals surface area (Å²) in [5, 5.41) is 13.7. The molecule has 0 bridgehead atoms. The van der Waals surface area contributed by atoms with Crippen LogP contribution >= 0.6 is 0 Å². The fourth-order valence-electron chi connectivity index (χ4n) is 2.83. The van der Waals surface area contributed by atoms with Gasteiger partial charge in [0.1, 0.15) is 18.0 Å². The van der Waals surface area contributed by atoms with Crippen molar-refractivity contribution in [3.05, 3.63) is 65.7 Å². The van der Waals surface area contributed by atoms with Gasteiger partial charge in [-0.2, -0.15) is 0 Å². The number of hydrogen-bond acceptors (Lipinski definition) is 6. The minimum absolute atomic E-state index is 0.199. The van der Waals surface area contributed by atoms with Crippen LogP contribution in [-0.4, -0.2) is 44.4 Å². The van der Waals surface area contributed by atoms with Gasteiger partial charge in [0.2, 0.25) is 0 Å². The van der Waals surface area contributed by atoms with E-state index in [1.54, 1.807) is 30.6 Å². The number of pyridine rings is 1. The second-order valence-electron chi connectivity index (χ2n) is 6.95. The van der Waals surface area contributed by atoms with Crippen molar-refractivity contribution in [2.45, 2.75) is 32.4 Å². The molecule has 1 fully saturated rings. The molecule has 154 valence electrons. The van der Waals surface area contributed by atoms with E-state index in [2.05, 4.69) is 25.9 Å². The Morgan fingerprint density at radius 1 is 1.20 bits per heavy atom. The summed E-state index contributed by atoms with van der Waals surface area (Å²) in [5.74, 6) is -0.0167. The standard InChI is InChI=1S/C21H22N6O3/c1-2-22-20(28)14-6-9-18(19(11-14)30-13-16-5-3-4-10-23-16)27-12-17(25-26-27)21(29)24-15-7-8-15/h3-6,9-12,15H,2,7-8,13H2,1H3,(H,22,28)(H,24,29). The van der Waals surface area contributed by atoms with E-state index in [1.807, 2.05) is 25.1 Å². The van der Waals surface area contributed by atoms with Gasteiger partial charge in [0.25, 0.3) is 11.8 Å². The maximum atomic E-state index is 12.3. The zero-order valence-electron chi connectivity index (χ0n) is 16.5. The van der Waals surface area contributed by atoms with E-state index in [0.29, 0.717) is 23.5 Å². The summed E-state index contributed by atoms with van der Waals surface area (Å²) in [6.45, 7) is 2.60. The second-order valence-corrected chi connectivity index (χ2v) is 6.95. The maximum absolute atomic E-state index is 12.3. The molecule has 4 rings (SSSR count). The van der Waals surface area contributed by atoms with Gasteiger partial charge in [0.15, 0.2) is 5.69 Å². The summed E-state index contributed by atoms with van der Waals surface area (Å²) >= 11 is 0. The monoisotopic (exact) mass is 406 g/mol. The Hall–Kier alpha value is -3.75. The molecule has 1 aliphatic rings. The minimum Gasteiger partial charge on any atom is -0.485 e. The Morgan fingerprint density at radius 3 is 2.80 bits per heavy atom. The van der Waals surface area contributed by atoms with Gasteiger partial charge < -0.3 is 15.4 Å². The Kier molecular flexibility index (Phi) is 5.69. The van der Waals surface area contributed by atoms with E-state index in [9.17, 15) is 9.59 Å². The fraction of sp³-hybridized carbons (Fsp3) is 0.286. The van der Waals surface area contributed by atoms with E-state index in [4.69, 9.17) is 4.74 Å². The fourth-order valence-corrected chi connectivity index (χ4v) is 2.83. The van der Waals surface area contributed by atoms with E-state index in [0.717, 1.165) is 18.5 Å². The normalized spacial score (nSPS) is 13.0. The van der Waals surface area contributed by atoms with Crippen molar-refractivity contribution in [1.29, 1.82) is 0 Å². The first kappa shape index (κ1) is 19.6. The Bertz CT molecular complexity index is 1050. The van der Waals surface area contributed by atoms with Crippen LogP contribution < -0.4 is 15.4 Å². The molecule has 0 saturated heterocycles.